The molecule has 2 nitrogen and oxygen atoms in total. The second-order valence-electron chi connectivity index (χ2n) is 5.23. The molecule has 0 saturated heterocycles. The molecule has 0 aromatic heterocycles. The number of hydrogen-bond donors (Lipinski definition) is 1. The summed E-state index contributed by atoms with van der Waals surface area (Å²) in [5.74, 6) is 0. The molecular weight excluding hydrogens is 244 g/mol. The van der Waals surface area contributed by atoms with Gasteiger partial charge in [0.05, 0.1) is 0 Å². The summed E-state index contributed by atoms with van der Waals surface area (Å²) in [5.41, 5.74) is 6.48. The van der Waals surface area contributed by atoms with Gasteiger partial charge in [-0.05, 0) is 57.1 Å². The second-order valence-corrected chi connectivity index (χ2v) is 5.23. The SMILES string of the molecule is CCN(c1ccc(C)cc1)c1ccc(CNC)cc1C. The van der Waals surface area contributed by atoms with Crippen molar-refractivity contribution in [3.05, 3.63) is 59.2 Å². The van der Waals surface area contributed by atoms with Gasteiger partial charge in [-0.3, -0.25) is 0 Å². The van der Waals surface area contributed by atoms with E-state index in [1.54, 1.807) is 0 Å². The van der Waals surface area contributed by atoms with Gasteiger partial charge in [-0.25, -0.2) is 0 Å². The van der Waals surface area contributed by atoms with Crippen LogP contribution in [-0.4, -0.2) is 13.6 Å². The first-order valence-corrected chi connectivity index (χ1v) is 7.24. The van der Waals surface area contributed by atoms with Crippen molar-refractivity contribution in [2.45, 2.75) is 27.3 Å². The van der Waals surface area contributed by atoms with Crippen LogP contribution in [0.2, 0.25) is 0 Å². The van der Waals surface area contributed by atoms with Crippen molar-refractivity contribution in [2.75, 3.05) is 18.5 Å². The molecule has 0 spiro atoms. The number of nitrogens with zero attached hydrogens (tertiary/aromatic N) is 1. The van der Waals surface area contributed by atoms with Crippen molar-refractivity contribution < 1.29 is 0 Å². The molecule has 0 aliphatic heterocycles. The Hall–Kier alpha value is -1.80. The summed E-state index contributed by atoms with van der Waals surface area (Å²) in [5, 5.41) is 3.20. The van der Waals surface area contributed by atoms with E-state index in [9.17, 15) is 0 Å². The van der Waals surface area contributed by atoms with Gasteiger partial charge in [-0.1, -0.05) is 29.8 Å². The van der Waals surface area contributed by atoms with Gasteiger partial charge < -0.3 is 10.2 Å². The fraction of sp³-hybridized carbons (Fsp3) is 0.333. The monoisotopic (exact) mass is 268 g/mol. The number of aryl methyl sites for hydroxylation is 2. The Labute approximate surface area is 122 Å². The smallest absolute Gasteiger partial charge is 0.0440 e. The number of benzene rings is 2. The Morgan fingerprint density at radius 2 is 1.70 bits per heavy atom. The summed E-state index contributed by atoms with van der Waals surface area (Å²) in [7, 11) is 1.98. The maximum absolute atomic E-state index is 3.20. The molecule has 0 heterocycles. The van der Waals surface area contributed by atoms with Crippen LogP contribution >= 0.6 is 0 Å². The lowest BCUT2D eigenvalue weighted by atomic mass is 10.1. The number of rotatable bonds is 5. The summed E-state index contributed by atoms with van der Waals surface area (Å²) in [6.45, 7) is 8.39. The molecule has 0 radical (unpaired) electrons. The van der Waals surface area contributed by atoms with Gasteiger partial charge in [0.1, 0.15) is 0 Å². The van der Waals surface area contributed by atoms with Gasteiger partial charge in [0.15, 0.2) is 0 Å². The molecule has 0 fully saturated rings. The first kappa shape index (κ1) is 14.6. The minimum absolute atomic E-state index is 0.914. The summed E-state index contributed by atoms with van der Waals surface area (Å²) in [4.78, 5) is 2.36. The van der Waals surface area contributed by atoms with E-state index in [4.69, 9.17) is 0 Å². The summed E-state index contributed by atoms with van der Waals surface area (Å²) in [6.07, 6.45) is 0. The molecule has 0 amide bonds. The molecule has 2 rings (SSSR count). The molecule has 0 atom stereocenters. The van der Waals surface area contributed by atoms with Crippen LogP contribution in [0, 0.1) is 13.8 Å². The van der Waals surface area contributed by atoms with Crippen molar-refractivity contribution in [3.63, 3.8) is 0 Å². The highest BCUT2D eigenvalue weighted by Crippen LogP contribution is 2.29. The van der Waals surface area contributed by atoms with E-state index < -0.39 is 0 Å². The lowest BCUT2D eigenvalue weighted by molar-refractivity contribution is 0.816. The van der Waals surface area contributed by atoms with E-state index >= 15 is 0 Å². The molecule has 2 aromatic rings. The zero-order chi connectivity index (χ0) is 14.5. The van der Waals surface area contributed by atoms with Crippen LogP contribution in [0.1, 0.15) is 23.6 Å². The molecule has 2 heteroatoms. The average Bonchev–Trinajstić information content (AvgIpc) is 2.44. The third-order valence-corrected chi connectivity index (χ3v) is 3.59. The molecule has 0 unspecified atom stereocenters. The van der Waals surface area contributed by atoms with Crippen molar-refractivity contribution in [1.29, 1.82) is 0 Å². The lowest BCUT2D eigenvalue weighted by Gasteiger charge is -2.25. The molecular formula is C18H24N2. The minimum Gasteiger partial charge on any atom is -0.342 e. The fourth-order valence-corrected chi connectivity index (χ4v) is 2.55. The highest BCUT2D eigenvalue weighted by atomic mass is 15.1. The Bertz CT molecular complexity index is 558. The van der Waals surface area contributed by atoms with E-state index in [0.717, 1.165) is 13.1 Å². The van der Waals surface area contributed by atoms with Crippen LogP contribution in [0.4, 0.5) is 11.4 Å². The zero-order valence-electron chi connectivity index (χ0n) is 12.9. The van der Waals surface area contributed by atoms with Crippen LogP contribution in [0.15, 0.2) is 42.5 Å². The van der Waals surface area contributed by atoms with Crippen LogP contribution in [-0.2, 0) is 6.54 Å². The zero-order valence-corrected chi connectivity index (χ0v) is 12.9. The summed E-state index contributed by atoms with van der Waals surface area (Å²) < 4.78 is 0. The molecule has 20 heavy (non-hydrogen) atoms. The lowest BCUT2D eigenvalue weighted by Crippen LogP contribution is -2.17. The second kappa shape index (κ2) is 6.58. The van der Waals surface area contributed by atoms with E-state index in [1.807, 2.05) is 7.05 Å². The van der Waals surface area contributed by atoms with Gasteiger partial charge >= 0.3 is 0 Å². The number of nitrogens with one attached hydrogen (secondary N) is 1. The molecule has 0 bridgehead atoms. The standard InChI is InChI=1S/C18H24N2/c1-5-20(17-9-6-14(2)7-10-17)18-11-8-16(13-19-4)12-15(18)3/h6-12,19H,5,13H2,1-4H3. The topological polar surface area (TPSA) is 15.3 Å². The van der Waals surface area contributed by atoms with Gasteiger partial charge in [0.2, 0.25) is 0 Å². The predicted octanol–water partition coefficient (Wildman–Crippen LogP) is 4.18. The van der Waals surface area contributed by atoms with Gasteiger partial charge in [-0.2, -0.15) is 0 Å². The quantitative estimate of drug-likeness (QED) is 0.875. The van der Waals surface area contributed by atoms with Crippen LogP contribution in [0.25, 0.3) is 0 Å². The van der Waals surface area contributed by atoms with Gasteiger partial charge in [-0.15, -0.1) is 0 Å². The first-order chi connectivity index (χ1) is 9.65. The van der Waals surface area contributed by atoms with Crippen LogP contribution in [0.5, 0.6) is 0 Å². The third-order valence-electron chi connectivity index (χ3n) is 3.59. The minimum atomic E-state index is 0.914. The van der Waals surface area contributed by atoms with Crippen LogP contribution in [0.3, 0.4) is 0 Å². The van der Waals surface area contributed by atoms with Crippen molar-refractivity contribution in [2.24, 2.45) is 0 Å². The summed E-state index contributed by atoms with van der Waals surface area (Å²) in [6, 6.07) is 15.4. The Balaban J connectivity index is 2.34. The van der Waals surface area contributed by atoms with E-state index in [2.05, 4.69) is 73.5 Å². The average molecular weight is 268 g/mol. The summed E-state index contributed by atoms with van der Waals surface area (Å²) >= 11 is 0. The Morgan fingerprint density at radius 3 is 2.25 bits per heavy atom. The predicted molar refractivity (Wildman–Crippen MR) is 87.8 cm³/mol. The van der Waals surface area contributed by atoms with E-state index in [0.29, 0.717) is 0 Å². The fourth-order valence-electron chi connectivity index (χ4n) is 2.55. The molecule has 1 N–H and O–H groups in total. The molecule has 0 saturated carbocycles. The molecule has 2 aromatic carbocycles. The number of anilines is 2. The normalized spacial score (nSPS) is 10.6. The highest BCUT2D eigenvalue weighted by Gasteiger charge is 2.10. The highest BCUT2D eigenvalue weighted by molar-refractivity contribution is 5.66. The largest absolute Gasteiger partial charge is 0.342 e. The van der Waals surface area contributed by atoms with Crippen molar-refractivity contribution in [3.8, 4) is 0 Å². The van der Waals surface area contributed by atoms with Gasteiger partial charge in [0.25, 0.3) is 0 Å². The Kier molecular flexibility index (Phi) is 4.80. The van der Waals surface area contributed by atoms with Crippen molar-refractivity contribution in [1.82, 2.24) is 5.32 Å². The first-order valence-electron chi connectivity index (χ1n) is 7.24. The van der Waals surface area contributed by atoms with Crippen LogP contribution < -0.4 is 10.2 Å². The van der Waals surface area contributed by atoms with Gasteiger partial charge in [0, 0.05) is 24.5 Å². The van der Waals surface area contributed by atoms with E-state index in [-0.39, 0.29) is 0 Å². The maximum atomic E-state index is 3.20. The molecule has 106 valence electrons. The van der Waals surface area contributed by atoms with E-state index in [1.165, 1.54) is 28.1 Å². The Morgan fingerprint density at radius 1 is 1.00 bits per heavy atom. The molecule has 0 aliphatic rings. The maximum Gasteiger partial charge on any atom is 0.0440 e. The van der Waals surface area contributed by atoms with Crippen molar-refractivity contribution >= 4 is 11.4 Å². The third kappa shape index (κ3) is 3.20. The number of hydrogen-bond acceptors (Lipinski definition) is 2. The molecule has 0 aliphatic carbocycles.